The Kier molecular flexibility index (Phi) is 3.85. The van der Waals surface area contributed by atoms with Crippen LogP contribution < -0.4 is 10.1 Å². The second kappa shape index (κ2) is 5.95. The van der Waals surface area contributed by atoms with E-state index in [-0.39, 0.29) is 0 Å². The number of benzene rings is 1. The number of nitrogens with one attached hydrogen (secondary N) is 1. The van der Waals surface area contributed by atoms with Gasteiger partial charge in [0.1, 0.15) is 22.4 Å². The molecule has 2 aromatic heterocycles. The van der Waals surface area contributed by atoms with Crippen molar-refractivity contribution in [3.8, 4) is 11.8 Å². The van der Waals surface area contributed by atoms with Crippen LogP contribution in [-0.2, 0) is 0 Å². The summed E-state index contributed by atoms with van der Waals surface area (Å²) in [6.07, 6.45) is 3.56. The van der Waals surface area contributed by atoms with Gasteiger partial charge in [0, 0.05) is 11.8 Å². The molecule has 0 fully saturated rings. The number of hydrogen-bond acceptors (Lipinski definition) is 6. The third-order valence-corrected chi connectivity index (χ3v) is 3.84. The number of methoxy groups -OCH3 is 1. The molecule has 0 aliphatic heterocycles. The van der Waals surface area contributed by atoms with Gasteiger partial charge >= 0.3 is 0 Å². The van der Waals surface area contributed by atoms with Gasteiger partial charge in [0.05, 0.1) is 13.3 Å². The molecular formula is C15H13N5OS. The molecule has 1 aromatic carbocycles. The Balaban J connectivity index is 2.11. The van der Waals surface area contributed by atoms with Gasteiger partial charge in [-0.2, -0.15) is 14.9 Å². The van der Waals surface area contributed by atoms with Crippen molar-refractivity contribution in [2.75, 3.05) is 18.7 Å². The minimum absolute atomic E-state index is 0.472. The van der Waals surface area contributed by atoms with Crippen molar-refractivity contribution < 1.29 is 4.74 Å². The van der Waals surface area contributed by atoms with Crippen molar-refractivity contribution >= 4 is 28.9 Å². The second-order valence-electron chi connectivity index (χ2n) is 4.41. The first kappa shape index (κ1) is 14.2. The van der Waals surface area contributed by atoms with E-state index in [0.29, 0.717) is 22.1 Å². The zero-order valence-corrected chi connectivity index (χ0v) is 12.9. The average Bonchev–Trinajstić information content (AvgIpc) is 3.03. The Morgan fingerprint density at radius 3 is 2.68 bits per heavy atom. The van der Waals surface area contributed by atoms with Crippen LogP contribution in [0, 0.1) is 11.3 Å². The molecule has 3 rings (SSSR count). The van der Waals surface area contributed by atoms with E-state index in [0.717, 1.165) is 11.4 Å². The monoisotopic (exact) mass is 311 g/mol. The Labute approximate surface area is 131 Å². The molecule has 0 saturated heterocycles. The van der Waals surface area contributed by atoms with Gasteiger partial charge in [-0.05, 0) is 30.5 Å². The highest BCUT2D eigenvalue weighted by Gasteiger charge is 2.15. The fraction of sp³-hybridized carbons (Fsp3) is 0.133. The second-order valence-corrected chi connectivity index (χ2v) is 5.21. The summed E-state index contributed by atoms with van der Waals surface area (Å²) in [5.74, 6) is 1.38. The van der Waals surface area contributed by atoms with Crippen LogP contribution in [0.25, 0.3) is 5.65 Å². The maximum Gasteiger partial charge on any atom is 0.158 e. The number of nitriles is 1. The van der Waals surface area contributed by atoms with E-state index in [2.05, 4.69) is 21.5 Å². The molecule has 22 heavy (non-hydrogen) atoms. The topological polar surface area (TPSA) is 75.2 Å². The summed E-state index contributed by atoms with van der Waals surface area (Å²) in [5.41, 5.74) is 2.01. The highest BCUT2D eigenvalue weighted by molar-refractivity contribution is 7.98. The molecule has 6 nitrogen and oxygen atoms in total. The fourth-order valence-corrected chi connectivity index (χ4v) is 2.63. The van der Waals surface area contributed by atoms with Crippen molar-refractivity contribution in [1.82, 2.24) is 14.6 Å². The van der Waals surface area contributed by atoms with E-state index >= 15 is 0 Å². The summed E-state index contributed by atoms with van der Waals surface area (Å²) in [4.78, 5) is 4.44. The Bertz CT molecular complexity index is 851. The van der Waals surface area contributed by atoms with Crippen molar-refractivity contribution in [1.29, 1.82) is 5.26 Å². The largest absolute Gasteiger partial charge is 0.497 e. The van der Waals surface area contributed by atoms with Gasteiger partial charge < -0.3 is 10.1 Å². The van der Waals surface area contributed by atoms with E-state index in [1.807, 2.05) is 30.5 Å². The lowest BCUT2D eigenvalue weighted by Gasteiger charge is -2.12. The zero-order chi connectivity index (χ0) is 15.5. The number of rotatable bonds is 4. The average molecular weight is 311 g/mol. The molecular weight excluding hydrogens is 298 g/mol. The molecule has 1 N–H and O–H groups in total. The molecule has 110 valence electrons. The minimum Gasteiger partial charge on any atom is -0.497 e. The quantitative estimate of drug-likeness (QED) is 0.589. The van der Waals surface area contributed by atoms with E-state index < -0.39 is 0 Å². The van der Waals surface area contributed by atoms with Gasteiger partial charge in [-0.3, -0.25) is 0 Å². The summed E-state index contributed by atoms with van der Waals surface area (Å²) >= 11 is 1.43. The van der Waals surface area contributed by atoms with Crippen LogP contribution in [0.3, 0.4) is 0 Å². The van der Waals surface area contributed by atoms with Crippen LogP contribution in [0.1, 0.15) is 5.56 Å². The summed E-state index contributed by atoms with van der Waals surface area (Å²) in [6.45, 7) is 0. The van der Waals surface area contributed by atoms with Gasteiger partial charge in [0.2, 0.25) is 0 Å². The number of aromatic nitrogens is 3. The molecule has 7 heteroatoms. The molecule has 0 bridgehead atoms. The van der Waals surface area contributed by atoms with E-state index in [4.69, 9.17) is 4.74 Å². The molecule has 0 aliphatic rings. The summed E-state index contributed by atoms with van der Waals surface area (Å²) < 4.78 is 6.78. The van der Waals surface area contributed by atoms with Gasteiger partial charge in [-0.25, -0.2) is 4.98 Å². The maximum absolute atomic E-state index is 9.48. The minimum atomic E-state index is 0.472. The predicted octanol–water partition coefficient (Wildman–Crippen LogP) is 3.08. The molecule has 2 heterocycles. The van der Waals surface area contributed by atoms with Gasteiger partial charge in [0.25, 0.3) is 0 Å². The first-order valence-electron chi connectivity index (χ1n) is 6.49. The van der Waals surface area contributed by atoms with Crippen LogP contribution in [0.15, 0.2) is 41.6 Å². The standard InChI is InChI=1S/C15H13N5OS/c1-21-11-5-3-10(4-6-11)18-14-12(9-16)15(22-2)19-13-7-8-17-20(13)14/h3-8,18H,1-2H3. The molecule has 0 radical (unpaired) electrons. The number of anilines is 2. The molecule has 0 saturated carbocycles. The summed E-state index contributed by atoms with van der Waals surface area (Å²) in [5, 5.41) is 17.6. The van der Waals surface area contributed by atoms with Crippen LogP contribution >= 0.6 is 11.8 Å². The van der Waals surface area contributed by atoms with Crippen molar-refractivity contribution in [3.63, 3.8) is 0 Å². The van der Waals surface area contributed by atoms with Crippen LogP contribution in [0.4, 0.5) is 11.5 Å². The Morgan fingerprint density at radius 1 is 1.27 bits per heavy atom. The smallest absolute Gasteiger partial charge is 0.158 e. The lowest BCUT2D eigenvalue weighted by atomic mass is 10.2. The highest BCUT2D eigenvalue weighted by atomic mass is 32.2. The number of nitrogens with zero attached hydrogens (tertiary/aromatic N) is 4. The summed E-state index contributed by atoms with van der Waals surface area (Å²) in [7, 11) is 1.62. The van der Waals surface area contributed by atoms with Gasteiger partial charge in [-0.1, -0.05) is 0 Å². The molecule has 0 amide bonds. The van der Waals surface area contributed by atoms with Crippen LogP contribution in [0.2, 0.25) is 0 Å². The Morgan fingerprint density at radius 2 is 2.05 bits per heavy atom. The van der Waals surface area contributed by atoms with Crippen LogP contribution in [-0.4, -0.2) is 28.0 Å². The van der Waals surface area contributed by atoms with Crippen molar-refractivity contribution in [2.45, 2.75) is 5.03 Å². The normalized spacial score (nSPS) is 10.4. The molecule has 0 aliphatic carbocycles. The third kappa shape index (κ3) is 2.44. The number of fused-ring (bicyclic) bond motifs is 1. The van der Waals surface area contributed by atoms with E-state index in [1.165, 1.54) is 11.8 Å². The first-order chi connectivity index (χ1) is 10.8. The lowest BCUT2D eigenvalue weighted by Crippen LogP contribution is -2.06. The predicted molar refractivity (Wildman–Crippen MR) is 85.8 cm³/mol. The number of thioether (sulfide) groups is 1. The molecule has 0 unspecified atom stereocenters. The molecule has 0 spiro atoms. The first-order valence-corrected chi connectivity index (χ1v) is 7.72. The molecule has 3 aromatic rings. The van der Waals surface area contributed by atoms with Gasteiger partial charge in [-0.15, -0.1) is 11.8 Å². The summed E-state index contributed by atoms with van der Waals surface area (Å²) in [6, 6.07) is 11.5. The Hall–Kier alpha value is -2.72. The van der Waals surface area contributed by atoms with Gasteiger partial charge in [0.15, 0.2) is 11.5 Å². The third-order valence-electron chi connectivity index (χ3n) is 3.16. The van der Waals surface area contributed by atoms with Crippen LogP contribution in [0.5, 0.6) is 5.75 Å². The number of ether oxygens (including phenoxy) is 1. The molecule has 0 atom stereocenters. The lowest BCUT2D eigenvalue weighted by molar-refractivity contribution is 0.415. The zero-order valence-electron chi connectivity index (χ0n) is 12.1. The maximum atomic E-state index is 9.48. The van der Waals surface area contributed by atoms with E-state index in [1.54, 1.807) is 23.9 Å². The fourth-order valence-electron chi connectivity index (χ4n) is 2.10. The highest BCUT2D eigenvalue weighted by Crippen LogP contribution is 2.28. The number of hydrogen-bond donors (Lipinski definition) is 1. The van der Waals surface area contributed by atoms with Crippen molar-refractivity contribution in [2.24, 2.45) is 0 Å². The SMILES string of the molecule is COc1ccc(Nc2c(C#N)c(SC)nc3ccnn23)cc1. The van der Waals surface area contributed by atoms with Crippen molar-refractivity contribution in [3.05, 3.63) is 42.1 Å². The van der Waals surface area contributed by atoms with E-state index in [9.17, 15) is 5.26 Å².